The molecule has 0 bridgehead atoms. The van der Waals surface area contributed by atoms with E-state index in [0.717, 1.165) is 0 Å². The van der Waals surface area contributed by atoms with Crippen LogP contribution in [0, 0.1) is 5.92 Å². The Bertz CT molecular complexity index is 1460. The van der Waals surface area contributed by atoms with E-state index in [1.165, 1.54) is 59.3 Å². The van der Waals surface area contributed by atoms with E-state index < -0.39 is 65.5 Å². The molecule has 2 amide bonds. The fraction of sp³-hybridized carbons (Fsp3) is 0.562. The maximum absolute atomic E-state index is 14.2. The predicted molar refractivity (Wildman–Crippen MR) is 172 cm³/mol. The Morgan fingerprint density at radius 3 is 2.49 bits per heavy atom. The van der Waals surface area contributed by atoms with Crippen LogP contribution in [0.3, 0.4) is 0 Å². The van der Waals surface area contributed by atoms with Crippen molar-refractivity contribution in [1.29, 1.82) is 0 Å². The van der Waals surface area contributed by atoms with Crippen molar-refractivity contribution in [3.05, 3.63) is 53.1 Å². The fourth-order valence-corrected chi connectivity index (χ4v) is 6.26. The summed E-state index contributed by atoms with van der Waals surface area (Å²) in [5, 5.41) is 10.5. The van der Waals surface area contributed by atoms with Gasteiger partial charge in [0.25, 0.3) is 15.9 Å². The maximum atomic E-state index is 14.2. The van der Waals surface area contributed by atoms with Gasteiger partial charge >= 0.3 is 6.18 Å². The Hall–Kier alpha value is -3.07. The number of benzene rings is 2. The number of hydrogen-bond donors (Lipinski definition) is 2. The van der Waals surface area contributed by atoms with Crippen LogP contribution in [0.1, 0.15) is 63.2 Å². The summed E-state index contributed by atoms with van der Waals surface area (Å²) in [6.45, 7) is 5.26. The molecule has 2 aromatic rings. The maximum Gasteiger partial charge on any atom is 0.389 e. The van der Waals surface area contributed by atoms with E-state index in [1.54, 1.807) is 13.8 Å². The molecule has 0 aromatic heterocycles. The first-order chi connectivity index (χ1) is 22.0. The number of alkyl halides is 3. The van der Waals surface area contributed by atoms with E-state index in [-0.39, 0.29) is 41.1 Å². The first kappa shape index (κ1) is 38.4. The second-order valence-electron chi connectivity index (χ2n) is 12.0. The molecule has 0 spiro atoms. The third-order valence-corrected chi connectivity index (χ3v) is 9.58. The second-order valence-corrected chi connectivity index (χ2v) is 14.1. The summed E-state index contributed by atoms with van der Waals surface area (Å²) in [6, 6.07) is 9.30. The Kier molecular flexibility index (Phi) is 13.8. The number of aliphatic hydroxyl groups is 1. The van der Waals surface area contributed by atoms with E-state index in [0.29, 0.717) is 30.9 Å². The van der Waals surface area contributed by atoms with Crippen molar-refractivity contribution < 1.29 is 45.8 Å². The first-order valence-corrected chi connectivity index (χ1v) is 17.3. The largest absolute Gasteiger partial charge is 0.490 e. The average molecular weight is 706 g/mol. The van der Waals surface area contributed by atoms with Crippen LogP contribution in [0.25, 0.3) is 0 Å². The molecule has 0 saturated heterocycles. The third-order valence-electron chi connectivity index (χ3n) is 7.93. The summed E-state index contributed by atoms with van der Waals surface area (Å²) < 4.78 is 79.2. The van der Waals surface area contributed by atoms with Crippen molar-refractivity contribution in [2.24, 2.45) is 5.92 Å². The quantitative estimate of drug-likeness (QED) is 0.341. The Labute approximate surface area is 279 Å². The Morgan fingerprint density at radius 2 is 1.85 bits per heavy atom. The predicted octanol–water partition coefficient (Wildman–Crippen LogP) is 5.74. The average Bonchev–Trinajstić information content (AvgIpc) is 3.00. The number of fused-ring (bicyclic) bond motifs is 1. The van der Waals surface area contributed by atoms with Gasteiger partial charge in [0.05, 0.1) is 41.7 Å². The number of rotatable bonds is 9. The van der Waals surface area contributed by atoms with Gasteiger partial charge in [-0.2, -0.15) is 13.2 Å². The Balaban J connectivity index is 1.95. The summed E-state index contributed by atoms with van der Waals surface area (Å²) in [5.74, 6) is -1.41. The fourth-order valence-electron chi connectivity index (χ4n) is 5.09. The van der Waals surface area contributed by atoms with Crippen molar-refractivity contribution in [3.8, 4) is 5.75 Å². The first-order valence-electron chi connectivity index (χ1n) is 15.4. The van der Waals surface area contributed by atoms with Gasteiger partial charge in [-0.3, -0.25) is 14.3 Å². The molecule has 0 saturated carbocycles. The molecule has 10 nitrogen and oxygen atoms in total. The minimum Gasteiger partial charge on any atom is -0.490 e. The van der Waals surface area contributed by atoms with E-state index in [1.807, 2.05) is 6.92 Å². The summed E-state index contributed by atoms with van der Waals surface area (Å²) in [7, 11) is -2.62. The normalized spacial score (nSPS) is 20.8. The van der Waals surface area contributed by atoms with E-state index in [2.05, 4.69) is 4.72 Å². The molecular weight excluding hydrogens is 663 g/mol. The van der Waals surface area contributed by atoms with Crippen LogP contribution in [0.5, 0.6) is 5.75 Å². The van der Waals surface area contributed by atoms with Crippen molar-refractivity contribution in [2.45, 2.75) is 82.2 Å². The summed E-state index contributed by atoms with van der Waals surface area (Å²) in [6.07, 6.45) is -5.37. The van der Waals surface area contributed by atoms with Crippen LogP contribution >= 0.6 is 11.6 Å². The molecule has 0 unspecified atom stereocenters. The van der Waals surface area contributed by atoms with Gasteiger partial charge in [-0.25, -0.2) is 8.42 Å². The SMILES string of the molecule is C[C@@H]1CCCCO[C@H](CN(C)C(=O)CCC(F)(F)F)[C@H](C)CN([C@H](C)CO)C(=O)c2cc(NS(=O)(=O)c3ccc(Cl)cc3)ccc2O1. The molecule has 2 N–H and O–H groups in total. The summed E-state index contributed by atoms with van der Waals surface area (Å²) in [5.41, 5.74) is 0.170. The molecule has 0 radical (unpaired) electrons. The molecule has 0 aliphatic carbocycles. The number of aliphatic hydroxyl groups excluding tert-OH is 1. The van der Waals surface area contributed by atoms with E-state index in [9.17, 15) is 36.3 Å². The van der Waals surface area contributed by atoms with Gasteiger partial charge in [0, 0.05) is 49.8 Å². The number of likely N-dealkylation sites (N-methyl/N-ethyl adjacent to an activating group) is 1. The molecule has 1 heterocycles. The van der Waals surface area contributed by atoms with Gasteiger partial charge in [-0.05, 0) is 75.6 Å². The zero-order chi connectivity index (χ0) is 34.9. The molecule has 1 aliphatic heterocycles. The van der Waals surface area contributed by atoms with Gasteiger partial charge in [0.15, 0.2) is 0 Å². The number of carbonyl (C=O) groups is 2. The molecular formula is C32H43ClF3N3O7S. The lowest BCUT2D eigenvalue weighted by molar-refractivity contribution is -0.149. The zero-order valence-electron chi connectivity index (χ0n) is 26.9. The van der Waals surface area contributed by atoms with E-state index >= 15 is 0 Å². The van der Waals surface area contributed by atoms with Gasteiger partial charge in [0.2, 0.25) is 5.91 Å². The highest BCUT2D eigenvalue weighted by molar-refractivity contribution is 7.92. The highest BCUT2D eigenvalue weighted by atomic mass is 35.5. The molecule has 0 fully saturated rings. The van der Waals surface area contributed by atoms with Gasteiger partial charge in [0.1, 0.15) is 5.75 Å². The van der Waals surface area contributed by atoms with Gasteiger partial charge in [-0.1, -0.05) is 18.5 Å². The van der Waals surface area contributed by atoms with Crippen LogP contribution in [-0.2, 0) is 19.6 Å². The number of nitrogens with one attached hydrogen (secondary N) is 1. The van der Waals surface area contributed by atoms with Crippen molar-refractivity contribution >= 4 is 39.1 Å². The van der Waals surface area contributed by atoms with Crippen LogP contribution in [-0.4, -0.2) is 92.9 Å². The Morgan fingerprint density at radius 1 is 1.17 bits per heavy atom. The van der Waals surface area contributed by atoms with Crippen LogP contribution < -0.4 is 9.46 Å². The highest BCUT2D eigenvalue weighted by Gasteiger charge is 2.32. The number of carbonyl (C=O) groups excluding carboxylic acids is 2. The highest BCUT2D eigenvalue weighted by Crippen LogP contribution is 2.30. The molecule has 3 rings (SSSR count). The number of nitrogens with zero attached hydrogens (tertiary/aromatic N) is 2. The standard InChI is InChI=1S/C32H43ClF3N3O7S/c1-21-18-39(22(2)20-40)31(42)27-17-25(37-47(43,44)26-11-8-24(33)9-12-26)10-13-28(27)46-23(3)7-5-6-16-45-29(21)19-38(4)30(41)14-15-32(34,35)36/h8-13,17,21-23,29,37,40H,5-7,14-16,18-20H2,1-4H3/t21-,22-,23-,29-/m1/s1. The molecule has 262 valence electrons. The molecule has 47 heavy (non-hydrogen) atoms. The number of amides is 2. The summed E-state index contributed by atoms with van der Waals surface area (Å²) >= 11 is 5.91. The lowest BCUT2D eigenvalue weighted by atomic mass is 10.0. The van der Waals surface area contributed by atoms with Crippen LogP contribution in [0.4, 0.5) is 18.9 Å². The monoisotopic (exact) mass is 705 g/mol. The lowest BCUT2D eigenvalue weighted by Gasteiger charge is -2.36. The number of ether oxygens (including phenoxy) is 2. The zero-order valence-corrected chi connectivity index (χ0v) is 28.5. The van der Waals surface area contributed by atoms with Crippen LogP contribution in [0.2, 0.25) is 5.02 Å². The molecule has 4 atom stereocenters. The van der Waals surface area contributed by atoms with Gasteiger partial charge < -0.3 is 24.4 Å². The molecule has 15 heteroatoms. The van der Waals surface area contributed by atoms with Gasteiger partial charge in [-0.15, -0.1) is 0 Å². The minimum atomic E-state index is -4.46. The van der Waals surface area contributed by atoms with E-state index in [4.69, 9.17) is 21.1 Å². The van der Waals surface area contributed by atoms with Crippen molar-refractivity contribution in [1.82, 2.24) is 9.80 Å². The van der Waals surface area contributed by atoms with Crippen molar-refractivity contribution in [3.63, 3.8) is 0 Å². The number of hydrogen-bond acceptors (Lipinski definition) is 7. The number of sulfonamides is 1. The van der Waals surface area contributed by atoms with Crippen LogP contribution in [0.15, 0.2) is 47.4 Å². The molecule has 1 aliphatic rings. The number of anilines is 1. The second kappa shape index (κ2) is 16.8. The van der Waals surface area contributed by atoms with Crippen molar-refractivity contribution in [2.75, 3.05) is 38.1 Å². The topological polar surface area (TPSA) is 125 Å². The summed E-state index contributed by atoms with van der Waals surface area (Å²) in [4.78, 5) is 29.3. The smallest absolute Gasteiger partial charge is 0.389 e. The lowest BCUT2D eigenvalue weighted by Crippen LogP contribution is -2.48. The molecule has 2 aromatic carbocycles. The number of halogens is 4. The minimum absolute atomic E-state index is 0.000119. The third kappa shape index (κ3) is 11.5.